The van der Waals surface area contributed by atoms with E-state index in [9.17, 15) is 4.39 Å². The zero-order chi connectivity index (χ0) is 19.4. The summed E-state index contributed by atoms with van der Waals surface area (Å²) in [6.45, 7) is 8.93. The second-order valence-corrected chi connectivity index (χ2v) is 7.47. The van der Waals surface area contributed by atoms with E-state index in [0.29, 0.717) is 5.75 Å². The zero-order valence-corrected chi connectivity index (χ0v) is 16.9. The fourth-order valence-electron chi connectivity index (χ4n) is 2.91. The van der Waals surface area contributed by atoms with Crippen LogP contribution in [0.1, 0.15) is 42.5 Å². The minimum atomic E-state index is -0.222. The van der Waals surface area contributed by atoms with Crippen LogP contribution in [0.4, 0.5) is 4.39 Å². The molecular formula is C21H24FN3OS. The summed E-state index contributed by atoms with van der Waals surface area (Å²) >= 11 is 1.59. The molecule has 27 heavy (non-hydrogen) atoms. The summed E-state index contributed by atoms with van der Waals surface area (Å²) in [5.74, 6) is 2.16. The van der Waals surface area contributed by atoms with Crippen LogP contribution in [0.15, 0.2) is 47.6 Å². The lowest BCUT2D eigenvalue weighted by atomic mass is 10.1. The van der Waals surface area contributed by atoms with E-state index in [1.807, 2.05) is 26.0 Å². The van der Waals surface area contributed by atoms with E-state index >= 15 is 0 Å². The number of thioether (sulfide) groups is 1. The topological polar surface area (TPSA) is 39.9 Å². The van der Waals surface area contributed by atoms with E-state index in [0.717, 1.165) is 34.4 Å². The van der Waals surface area contributed by atoms with Crippen molar-refractivity contribution < 1.29 is 9.13 Å². The molecule has 0 saturated carbocycles. The first-order valence-corrected chi connectivity index (χ1v) is 10.0. The van der Waals surface area contributed by atoms with Gasteiger partial charge < -0.3 is 9.30 Å². The molecule has 1 atom stereocenters. The van der Waals surface area contributed by atoms with Crippen LogP contribution >= 0.6 is 11.8 Å². The van der Waals surface area contributed by atoms with Crippen LogP contribution in [0.2, 0.25) is 0 Å². The lowest BCUT2D eigenvalue weighted by Crippen LogP contribution is -2.12. The van der Waals surface area contributed by atoms with Crippen molar-refractivity contribution in [1.29, 1.82) is 0 Å². The lowest BCUT2D eigenvalue weighted by molar-refractivity contribution is 0.208. The first-order valence-electron chi connectivity index (χ1n) is 9.02. The predicted molar refractivity (Wildman–Crippen MR) is 107 cm³/mol. The molecule has 0 aliphatic heterocycles. The van der Waals surface area contributed by atoms with Crippen molar-refractivity contribution in [3.8, 4) is 5.75 Å². The van der Waals surface area contributed by atoms with Crippen LogP contribution < -0.4 is 4.74 Å². The molecule has 3 aromatic rings. The number of aromatic nitrogens is 3. The Balaban J connectivity index is 1.73. The molecule has 0 spiro atoms. The maximum absolute atomic E-state index is 13.0. The van der Waals surface area contributed by atoms with Crippen molar-refractivity contribution in [2.45, 2.75) is 51.3 Å². The molecule has 2 aromatic carbocycles. The van der Waals surface area contributed by atoms with Gasteiger partial charge in [0.15, 0.2) is 17.1 Å². The van der Waals surface area contributed by atoms with Crippen molar-refractivity contribution in [3.05, 3.63) is 70.8 Å². The third kappa shape index (κ3) is 4.69. The van der Waals surface area contributed by atoms with Crippen molar-refractivity contribution in [2.24, 2.45) is 0 Å². The highest BCUT2D eigenvalue weighted by Crippen LogP contribution is 2.28. The van der Waals surface area contributed by atoms with E-state index in [1.54, 1.807) is 23.9 Å². The van der Waals surface area contributed by atoms with Gasteiger partial charge in [-0.3, -0.25) is 0 Å². The van der Waals surface area contributed by atoms with E-state index in [4.69, 9.17) is 4.74 Å². The number of ether oxygens (including phenoxy) is 1. The van der Waals surface area contributed by atoms with E-state index in [1.165, 1.54) is 17.7 Å². The predicted octanol–water partition coefficient (Wildman–Crippen LogP) is 5.49. The van der Waals surface area contributed by atoms with Gasteiger partial charge >= 0.3 is 0 Å². The third-order valence-electron chi connectivity index (χ3n) is 4.34. The van der Waals surface area contributed by atoms with Gasteiger partial charge in [-0.15, -0.1) is 10.2 Å². The molecule has 0 amide bonds. The molecule has 3 rings (SSSR count). The number of hydrogen-bond acceptors (Lipinski definition) is 4. The molecule has 1 heterocycles. The number of aryl methyl sites for hydroxylation is 2. The highest BCUT2D eigenvalue weighted by atomic mass is 32.2. The summed E-state index contributed by atoms with van der Waals surface area (Å²) in [7, 11) is 0. The highest BCUT2D eigenvalue weighted by Gasteiger charge is 2.19. The van der Waals surface area contributed by atoms with Crippen LogP contribution in [-0.2, 0) is 12.3 Å². The SMILES string of the molecule is CCn1c(SCc2ccc(F)cc2)nnc1C(C)Oc1ccc(C)cc1C. The Hall–Kier alpha value is -2.34. The zero-order valence-electron chi connectivity index (χ0n) is 16.1. The minimum Gasteiger partial charge on any atom is -0.482 e. The maximum Gasteiger partial charge on any atom is 0.191 e. The molecule has 0 fully saturated rings. The smallest absolute Gasteiger partial charge is 0.191 e. The summed E-state index contributed by atoms with van der Waals surface area (Å²) < 4.78 is 21.3. The molecule has 4 nitrogen and oxygen atoms in total. The molecule has 0 saturated heterocycles. The molecule has 1 aromatic heterocycles. The third-order valence-corrected chi connectivity index (χ3v) is 5.38. The van der Waals surface area contributed by atoms with Gasteiger partial charge in [0.05, 0.1) is 0 Å². The Morgan fingerprint density at radius 1 is 1.11 bits per heavy atom. The van der Waals surface area contributed by atoms with Crippen molar-refractivity contribution >= 4 is 11.8 Å². The Morgan fingerprint density at radius 3 is 2.52 bits per heavy atom. The number of halogens is 1. The number of nitrogens with zero attached hydrogens (tertiary/aromatic N) is 3. The second-order valence-electron chi connectivity index (χ2n) is 6.53. The fourth-order valence-corrected chi connectivity index (χ4v) is 3.87. The van der Waals surface area contributed by atoms with Crippen LogP contribution in [0.3, 0.4) is 0 Å². The first-order chi connectivity index (χ1) is 13.0. The molecule has 0 N–H and O–H groups in total. The Morgan fingerprint density at radius 2 is 1.85 bits per heavy atom. The standard InChI is InChI=1S/C21H24FN3OS/c1-5-25-20(16(4)26-19-11-6-14(2)12-15(19)3)23-24-21(25)27-13-17-7-9-18(22)10-8-17/h6-12,16H,5,13H2,1-4H3. The number of rotatable bonds is 7. The average molecular weight is 386 g/mol. The minimum absolute atomic E-state index is 0.209. The molecule has 0 aliphatic carbocycles. The van der Waals surface area contributed by atoms with E-state index in [-0.39, 0.29) is 11.9 Å². The second kappa shape index (κ2) is 8.57. The molecule has 1 unspecified atom stereocenters. The van der Waals surface area contributed by atoms with Gasteiger partial charge in [0.1, 0.15) is 11.6 Å². The van der Waals surface area contributed by atoms with Crippen molar-refractivity contribution in [3.63, 3.8) is 0 Å². The lowest BCUT2D eigenvalue weighted by Gasteiger charge is -2.17. The summed E-state index contributed by atoms with van der Waals surface area (Å²) in [5, 5.41) is 9.55. The van der Waals surface area contributed by atoms with Crippen LogP contribution in [0.25, 0.3) is 0 Å². The van der Waals surface area contributed by atoms with E-state index in [2.05, 4.69) is 34.7 Å². The van der Waals surface area contributed by atoms with Gasteiger partial charge in [0.25, 0.3) is 0 Å². The highest BCUT2D eigenvalue weighted by molar-refractivity contribution is 7.98. The van der Waals surface area contributed by atoms with Crippen LogP contribution in [-0.4, -0.2) is 14.8 Å². The quantitative estimate of drug-likeness (QED) is 0.505. The molecular weight excluding hydrogens is 361 g/mol. The maximum atomic E-state index is 13.0. The van der Waals surface area contributed by atoms with Crippen molar-refractivity contribution in [2.75, 3.05) is 0 Å². The summed E-state index contributed by atoms with van der Waals surface area (Å²) in [4.78, 5) is 0. The summed E-state index contributed by atoms with van der Waals surface area (Å²) in [6, 6.07) is 12.7. The van der Waals surface area contributed by atoms with E-state index < -0.39 is 0 Å². The van der Waals surface area contributed by atoms with Crippen LogP contribution in [0.5, 0.6) is 5.75 Å². The monoisotopic (exact) mass is 385 g/mol. The van der Waals surface area contributed by atoms with Gasteiger partial charge in [0.2, 0.25) is 0 Å². The largest absolute Gasteiger partial charge is 0.482 e. The molecule has 0 bridgehead atoms. The van der Waals surface area contributed by atoms with Crippen LogP contribution in [0, 0.1) is 19.7 Å². The van der Waals surface area contributed by atoms with Gasteiger partial charge in [-0.2, -0.15) is 0 Å². The Labute approximate surface area is 163 Å². The molecule has 142 valence electrons. The Bertz CT molecular complexity index is 908. The van der Waals surface area contributed by atoms with Gasteiger partial charge in [-0.1, -0.05) is 41.6 Å². The first kappa shape index (κ1) is 19.4. The van der Waals surface area contributed by atoms with Gasteiger partial charge in [-0.25, -0.2) is 4.39 Å². The molecule has 0 radical (unpaired) electrons. The molecule has 0 aliphatic rings. The number of benzene rings is 2. The molecule has 6 heteroatoms. The number of hydrogen-bond donors (Lipinski definition) is 0. The van der Waals surface area contributed by atoms with Gasteiger partial charge in [0, 0.05) is 12.3 Å². The summed E-state index contributed by atoms with van der Waals surface area (Å²) in [5.41, 5.74) is 3.37. The van der Waals surface area contributed by atoms with Gasteiger partial charge in [-0.05, 0) is 57.0 Å². The van der Waals surface area contributed by atoms with Crippen molar-refractivity contribution in [1.82, 2.24) is 14.8 Å². The summed E-state index contributed by atoms with van der Waals surface area (Å²) in [6.07, 6.45) is -0.209. The Kier molecular flexibility index (Phi) is 6.16. The average Bonchev–Trinajstić information content (AvgIpc) is 3.06. The normalized spacial score (nSPS) is 12.2. The fraction of sp³-hybridized carbons (Fsp3) is 0.333.